The first-order valence-corrected chi connectivity index (χ1v) is 6.13. The molecule has 0 N–H and O–H groups in total. The fourth-order valence-corrected chi connectivity index (χ4v) is 1.51. The largest absolute Gasteiger partial charge is 0.529 e. The number of methoxy groups -OCH3 is 2. The van der Waals surface area contributed by atoms with Crippen molar-refractivity contribution in [3.05, 3.63) is 11.8 Å². The molecule has 0 fully saturated rings. The Bertz CT molecular complexity index is 367. The second-order valence-electron chi connectivity index (χ2n) is 2.79. The molecule has 0 aliphatic heterocycles. The molecule has 0 aromatic carbocycles. The highest BCUT2D eigenvalue weighted by Crippen LogP contribution is 2.50. The minimum absolute atomic E-state index is 0.249. The van der Waals surface area contributed by atoms with Crippen molar-refractivity contribution in [1.29, 1.82) is 0 Å². The fraction of sp³-hybridized carbons (Fsp3) is 0.556. The van der Waals surface area contributed by atoms with Gasteiger partial charge in [-0.2, -0.15) is 0 Å². The van der Waals surface area contributed by atoms with Gasteiger partial charge in [0.2, 0.25) is 0 Å². The van der Waals surface area contributed by atoms with Crippen molar-refractivity contribution in [2.45, 2.75) is 6.42 Å². The summed E-state index contributed by atoms with van der Waals surface area (Å²) in [4.78, 5) is 22.1. The molecular formula is C9H15O8P. The fourth-order valence-electron chi connectivity index (χ4n) is 0.807. The van der Waals surface area contributed by atoms with Crippen LogP contribution in [-0.4, -0.2) is 40.4 Å². The minimum Gasteiger partial charge on any atom is -0.469 e. The first-order chi connectivity index (χ1) is 8.40. The molecule has 0 radical (unpaired) electrons. The number of carbonyl (C=O) groups is 2. The summed E-state index contributed by atoms with van der Waals surface area (Å²) in [5, 5.41) is 0. The van der Waals surface area contributed by atoms with Crippen LogP contribution in [0.2, 0.25) is 0 Å². The molecule has 0 saturated heterocycles. The predicted molar refractivity (Wildman–Crippen MR) is 59.4 cm³/mol. The Morgan fingerprint density at radius 1 is 1.06 bits per heavy atom. The number of esters is 2. The van der Waals surface area contributed by atoms with Crippen molar-refractivity contribution in [1.82, 2.24) is 0 Å². The molecule has 0 aromatic rings. The van der Waals surface area contributed by atoms with E-state index in [0.29, 0.717) is 0 Å². The molecule has 8 nitrogen and oxygen atoms in total. The maximum atomic E-state index is 11.7. The average Bonchev–Trinajstić information content (AvgIpc) is 2.37. The van der Waals surface area contributed by atoms with Crippen LogP contribution in [0.1, 0.15) is 6.42 Å². The summed E-state index contributed by atoms with van der Waals surface area (Å²) in [6, 6.07) is 0. The Balaban J connectivity index is 4.99. The van der Waals surface area contributed by atoms with Gasteiger partial charge in [0.05, 0.1) is 20.3 Å². The van der Waals surface area contributed by atoms with E-state index in [1.807, 2.05) is 0 Å². The van der Waals surface area contributed by atoms with Crippen LogP contribution in [-0.2, 0) is 37.2 Å². The number of hydrogen-bond donors (Lipinski definition) is 0. The van der Waals surface area contributed by atoms with Crippen LogP contribution in [0.3, 0.4) is 0 Å². The van der Waals surface area contributed by atoms with Gasteiger partial charge < -0.3 is 14.0 Å². The van der Waals surface area contributed by atoms with Crippen LogP contribution in [0.4, 0.5) is 0 Å². The van der Waals surface area contributed by atoms with Gasteiger partial charge in [-0.1, -0.05) is 0 Å². The van der Waals surface area contributed by atoms with Gasteiger partial charge >= 0.3 is 19.8 Å². The summed E-state index contributed by atoms with van der Waals surface area (Å²) in [6.45, 7) is 0. The van der Waals surface area contributed by atoms with Crippen LogP contribution >= 0.6 is 7.82 Å². The summed E-state index contributed by atoms with van der Waals surface area (Å²) in [5.41, 5.74) is 0. The number of phosphoric acid groups is 1. The van der Waals surface area contributed by atoms with Gasteiger partial charge in [0.25, 0.3) is 0 Å². The summed E-state index contributed by atoms with van der Waals surface area (Å²) < 4.78 is 34.3. The van der Waals surface area contributed by atoms with Crippen LogP contribution in [0, 0.1) is 0 Å². The Morgan fingerprint density at radius 2 is 1.61 bits per heavy atom. The molecule has 0 spiro atoms. The number of hydrogen-bond acceptors (Lipinski definition) is 8. The average molecular weight is 282 g/mol. The lowest BCUT2D eigenvalue weighted by molar-refractivity contribution is -0.140. The van der Waals surface area contributed by atoms with Crippen molar-refractivity contribution < 1.29 is 37.2 Å². The van der Waals surface area contributed by atoms with E-state index < -0.39 is 26.2 Å². The molecule has 18 heavy (non-hydrogen) atoms. The molecule has 0 heterocycles. The van der Waals surface area contributed by atoms with E-state index in [4.69, 9.17) is 4.52 Å². The van der Waals surface area contributed by atoms with Gasteiger partial charge in [-0.15, -0.1) is 0 Å². The van der Waals surface area contributed by atoms with E-state index in [1.54, 1.807) is 0 Å². The van der Waals surface area contributed by atoms with Crippen molar-refractivity contribution >= 4 is 19.8 Å². The summed E-state index contributed by atoms with van der Waals surface area (Å²) in [5.74, 6) is -1.72. The summed E-state index contributed by atoms with van der Waals surface area (Å²) in [6.07, 6.45) is 0.434. The first kappa shape index (κ1) is 16.6. The number of phosphoric ester groups is 1. The van der Waals surface area contributed by atoms with E-state index in [2.05, 4.69) is 18.5 Å². The number of rotatable bonds is 7. The zero-order chi connectivity index (χ0) is 14.2. The first-order valence-electron chi connectivity index (χ1n) is 4.67. The van der Waals surface area contributed by atoms with E-state index in [9.17, 15) is 14.2 Å². The molecule has 0 aromatic heterocycles. The van der Waals surface area contributed by atoms with Crippen molar-refractivity contribution in [3.8, 4) is 0 Å². The Morgan fingerprint density at radius 3 is 2.00 bits per heavy atom. The molecule has 0 rings (SSSR count). The van der Waals surface area contributed by atoms with Gasteiger partial charge in [0.15, 0.2) is 0 Å². The summed E-state index contributed by atoms with van der Waals surface area (Å²) >= 11 is 0. The van der Waals surface area contributed by atoms with E-state index in [1.165, 1.54) is 0 Å². The highest BCUT2D eigenvalue weighted by Gasteiger charge is 2.27. The molecule has 104 valence electrons. The molecule has 0 saturated carbocycles. The van der Waals surface area contributed by atoms with E-state index in [-0.39, 0.29) is 5.76 Å². The molecule has 0 amide bonds. The third kappa shape index (κ3) is 5.81. The van der Waals surface area contributed by atoms with Crippen molar-refractivity contribution in [3.63, 3.8) is 0 Å². The SMILES string of the molecule is COC(=O)/C=C(\CC(=O)OC)OP(=O)(OC)OC. The molecule has 0 aliphatic rings. The molecule has 0 atom stereocenters. The Kier molecular flexibility index (Phi) is 7.26. The highest BCUT2D eigenvalue weighted by molar-refractivity contribution is 7.48. The topological polar surface area (TPSA) is 97.4 Å². The zero-order valence-corrected chi connectivity index (χ0v) is 11.4. The lowest BCUT2D eigenvalue weighted by Crippen LogP contribution is -2.07. The lowest BCUT2D eigenvalue weighted by Gasteiger charge is -2.15. The smallest absolute Gasteiger partial charge is 0.469 e. The van der Waals surface area contributed by atoms with E-state index in [0.717, 1.165) is 34.5 Å². The third-order valence-corrected chi connectivity index (χ3v) is 3.06. The van der Waals surface area contributed by atoms with Gasteiger partial charge in [-0.25, -0.2) is 9.36 Å². The molecule has 0 unspecified atom stereocenters. The Hall–Kier alpha value is -1.37. The Labute approximate surface area is 104 Å². The minimum atomic E-state index is -3.85. The highest BCUT2D eigenvalue weighted by atomic mass is 31.2. The normalized spacial score (nSPS) is 11.9. The molecule has 9 heteroatoms. The second-order valence-corrected chi connectivity index (χ2v) is 4.60. The van der Waals surface area contributed by atoms with E-state index >= 15 is 0 Å². The predicted octanol–water partition coefficient (Wildman–Crippen LogP) is 1.02. The maximum Gasteiger partial charge on any atom is 0.529 e. The van der Waals surface area contributed by atoms with Crippen LogP contribution in [0.15, 0.2) is 11.8 Å². The monoisotopic (exact) mass is 282 g/mol. The quantitative estimate of drug-likeness (QED) is 0.295. The number of carbonyl (C=O) groups excluding carboxylic acids is 2. The zero-order valence-electron chi connectivity index (χ0n) is 10.5. The number of ether oxygens (including phenoxy) is 2. The van der Waals surface area contributed by atoms with Gasteiger partial charge in [0, 0.05) is 14.2 Å². The lowest BCUT2D eigenvalue weighted by atomic mass is 10.3. The van der Waals surface area contributed by atoms with Crippen molar-refractivity contribution in [2.24, 2.45) is 0 Å². The van der Waals surface area contributed by atoms with Crippen molar-refractivity contribution in [2.75, 3.05) is 28.4 Å². The van der Waals surface area contributed by atoms with Crippen LogP contribution in [0.25, 0.3) is 0 Å². The standard InChI is InChI=1S/C9H15O8P/c1-13-8(10)5-7(6-9(11)14-2)17-18(12,15-3)16-4/h5H,6H2,1-4H3/b7-5+. The second kappa shape index (κ2) is 7.86. The summed E-state index contributed by atoms with van der Waals surface area (Å²) in [7, 11) is 0.633. The van der Waals surface area contributed by atoms with Gasteiger partial charge in [-0.05, 0) is 0 Å². The van der Waals surface area contributed by atoms with Gasteiger partial charge in [-0.3, -0.25) is 13.8 Å². The van der Waals surface area contributed by atoms with Gasteiger partial charge in [0.1, 0.15) is 12.2 Å². The molecule has 0 aliphatic carbocycles. The van der Waals surface area contributed by atoms with Crippen LogP contribution < -0.4 is 0 Å². The van der Waals surface area contributed by atoms with Crippen LogP contribution in [0.5, 0.6) is 0 Å². The molecular weight excluding hydrogens is 267 g/mol. The third-order valence-electron chi connectivity index (χ3n) is 1.70. The maximum absolute atomic E-state index is 11.7. The molecule has 0 bridgehead atoms.